The van der Waals surface area contributed by atoms with Crippen molar-refractivity contribution >= 4 is 5.91 Å². The molecule has 106 valence electrons. The minimum atomic E-state index is 0.0104. The van der Waals surface area contributed by atoms with Crippen molar-refractivity contribution in [3.05, 3.63) is 30.3 Å². The zero-order chi connectivity index (χ0) is 13.9. The van der Waals surface area contributed by atoms with Gasteiger partial charge in [-0.25, -0.2) is 0 Å². The summed E-state index contributed by atoms with van der Waals surface area (Å²) in [5, 5.41) is 2.82. The van der Waals surface area contributed by atoms with E-state index in [-0.39, 0.29) is 5.91 Å². The van der Waals surface area contributed by atoms with Crippen LogP contribution < -0.4 is 15.8 Å². The molecule has 5 nitrogen and oxygen atoms in total. The molecule has 19 heavy (non-hydrogen) atoms. The molecule has 0 aliphatic carbocycles. The number of nitrogens with zero attached hydrogens (tertiary/aromatic N) is 1. The fourth-order valence-corrected chi connectivity index (χ4v) is 1.62. The number of nitrogens with two attached hydrogens (primary N) is 1. The van der Waals surface area contributed by atoms with E-state index in [2.05, 4.69) is 5.32 Å². The molecular weight excluding hydrogens is 242 g/mol. The van der Waals surface area contributed by atoms with Crippen molar-refractivity contribution in [1.82, 2.24) is 10.2 Å². The first-order valence-corrected chi connectivity index (χ1v) is 6.55. The van der Waals surface area contributed by atoms with Gasteiger partial charge in [-0.3, -0.25) is 9.69 Å². The summed E-state index contributed by atoms with van der Waals surface area (Å²) in [5.41, 5.74) is 5.42. The molecule has 5 heteroatoms. The van der Waals surface area contributed by atoms with E-state index in [9.17, 15) is 4.79 Å². The Bertz CT molecular complexity index is 357. The topological polar surface area (TPSA) is 67.6 Å². The minimum absolute atomic E-state index is 0.0104. The molecule has 0 aromatic heterocycles. The van der Waals surface area contributed by atoms with E-state index in [1.54, 1.807) is 0 Å². The zero-order valence-corrected chi connectivity index (χ0v) is 11.5. The zero-order valence-electron chi connectivity index (χ0n) is 11.5. The van der Waals surface area contributed by atoms with Gasteiger partial charge in [0.1, 0.15) is 12.4 Å². The number of para-hydroxylation sites is 1. The first kappa shape index (κ1) is 15.5. The minimum Gasteiger partial charge on any atom is -0.492 e. The maximum absolute atomic E-state index is 11.6. The first-order chi connectivity index (χ1) is 9.22. The summed E-state index contributed by atoms with van der Waals surface area (Å²) in [7, 11) is 1.91. The molecule has 0 fully saturated rings. The summed E-state index contributed by atoms with van der Waals surface area (Å²) in [5.74, 6) is 0.827. The molecule has 0 spiro atoms. The van der Waals surface area contributed by atoms with Gasteiger partial charge < -0.3 is 15.8 Å². The molecule has 1 rings (SSSR count). The lowest BCUT2D eigenvalue weighted by molar-refractivity contribution is -0.122. The molecule has 0 saturated carbocycles. The second-order valence-electron chi connectivity index (χ2n) is 4.39. The molecule has 0 atom stereocenters. The van der Waals surface area contributed by atoms with Crippen molar-refractivity contribution in [2.24, 2.45) is 5.73 Å². The van der Waals surface area contributed by atoms with E-state index >= 15 is 0 Å². The molecule has 3 N–H and O–H groups in total. The number of rotatable bonds is 9. The van der Waals surface area contributed by atoms with Crippen molar-refractivity contribution in [3.8, 4) is 5.75 Å². The third kappa shape index (κ3) is 7.43. The van der Waals surface area contributed by atoms with Gasteiger partial charge in [-0.15, -0.1) is 0 Å². The highest BCUT2D eigenvalue weighted by Gasteiger charge is 2.05. The second kappa shape index (κ2) is 9.35. The molecule has 0 unspecified atom stereocenters. The van der Waals surface area contributed by atoms with Gasteiger partial charge >= 0.3 is 0 Å². The standard InChI is InChI=1S/C14H23N3O2/c1-17(10-5-8-15)12-14(18)16-9-11-19-13-6-3-2-4-7-13/h2-4,6-7H,5,8-12,15H2,1H3,(H,16,18). The highest BCUT2D eigenvalue weighted by molar-refractivity contribution is 5.77. The molecule has 1 aromatic rings. The monoisotopic (exact) mass is 265 g/mol. The lowest BCUT2D eigenvalue weighted by Gasteiger charge is -2.15. The van der Waals surface area contributed by atoms with Crippen LogP contribution in [-0.4, -0.2) is 50.6 Å². The summed E-state index contributed by atoms with van der Waals surface area (Å²) in [6.07, 6.45) is 0.904. The van der Waals surface area contributed by atoms with Crippen LogP contribution in [-0.2, 0) is 4.79 Å². The summed E-state index contributed by atoms with van der Waals surface area (Å²) in [4.78, 5) is 13.5. The van der Waals surface area contributed by atoms with Gasteiger partial charge in [0.25, 0.3) is 0 Å². The Balaban J connectivity index is 2.07. The number of nitrogens with one attached hydrogen (secondary N) is 1. The van der Waals surface area contributed by atoms with Crippen molar-refractivity contribution < 1.29 is 9.53 Å². The van der Waals surface area contributed by atoms with Crippen LogP contribution >= 0.6 is 0 Å². The van der Waals surface area contributed by atoms with Crippen LogP contribution in [0.4, 0.5) is 0 Å². The third-order valence-corrected chi connectivity index (χ3v) is 2.59. The number of likely N-dealkylation sites (N-methyl/N-ethyl adjacent to an activating group) is 1. The summed E-state index contributed by atoms with van der Waals surface area (Å²) < 4.78 is 5.48. The van der Waals surface area contributed by atoms with E-state index in [4.69, 9.17) is 10.5 Å². The number of ether oxygens (including phenoxy) is 1. The molecule has 0 aliphatic rings. The van der Waals surface area contributed by atoms with Crippen LogP contribution in [0.5, 0.6) is 5.75 Å². The fraction of sp³-hybridized carbons (Fsp3) is 0.500. The average molecular weight is 265 g/mol. The summed E-state index contributed by atoms with van der Waals surface area (Å²) in [6.45, 7) is 2.87. The van der Waals surface area contributed by atoms with Crippen LogP contribution in [0.15, 0.2) is 30.3 Å². The highest BCUT2D eigenvalue weighted by Crippen LogP contribution is 2.07. The van der Waals surface area contributed by atoms with Crippen molar-refractivity contribution in [2.75, 3.05) is 39.8 Å². The second-order valence-corrected chi connectivity index (χ2v) is 4.39. The van der Waals surface area contributed by atoms with Crippen LogP contribution in [0.1, 0.15) is 6.42 Å². The van der Waals surface area contributed by atoms with Crippen LogP contribution in [0, 0.1) is 0 Å². The van der Waals surface area contributed by atoms with E-state index < -0.39 is 0 Å². The normalized spacial score (nSPS) is 10.5. The van der Waals surface area contributed by atoms with Crippen LogP contribution in [0.25, 0.3) is 0 Å². The molecular formula is C14H23N3O2. The maximum atomic E-state index is 11.6. The third-order valence-electron chi connectivity index (χ3n) is 2.59. The van der Waals surface area contributed by atoms with E-state index in [0.29, 0.717) is 26.2 Å². The van der Waals surface area contributed by atoms with Gasteiger partial charge in [0.2, 0.25) is 5.91 Å². The van der Waals surface area contributed by atoms with Gasteiger partial charge in [0.05, 0.1) is 13.1 Å². The number of hydrogen-bond donors (Lipinski definition) is 2. The van der Waals surface area contributed by atoms with Crippen molar-refractivity contribution in [2.45, 2.75) is 6.42 Å². The molecule has 0 heterocycles. The van der Waals surface area contributed by atoms with E-state index in [1.165, 1.54) is 0 Å². The van der Waals surface area contributed by atoms with Crippen LogP contribution in [0.3, 0.4) is 0 Å². The van der Waals surface area contributed by atoms with Gasteiger partial charge in [0, 0.05) is 0 Å². The SMILES string of the molecule is CN(CCCN)CC(=O)NCCOc1ccccc1. The number of amides is 1. The highest BCUT2D eigenvalue weighted by atomic mass is 16.5. The first-order valence-electron chi connectivity index (χ1n) is 6.55. The molecule has 0 radical (unpaired) electrons. The Morgan fingerprint density at radius 1 is 1.37 bits per heavy atom. The lowest BCUT2D eigenvalue weighted by atomic mass is 10.3. The van der Waals surface area contributed by atoms with Gasteiger partial charge in [-0.1, -0.05) is 18.2 Å². The number of hydrogen-bond acceptors (Lipinski definition) is 4. The summed E-state index contributed by atoms with van der Waals surface area (Å²) >= 11 is 0. The van der Waals surface area contributed by atoms with Crippen molar-refractivity contribution in [1.29, 1.82) is 0 Å². The lowest BCUT2D eigenvalue weighted by Crippen LogP contribution is -2.37. The van der Waals surface area contributed by atoms with Gasteiger partial charge in [0.15, 0.2) is 0 Å². The Labute approximate surface area is 114 Å². The fourth-order valence-electron chi connectivity index (χ4n) is 1.62. The molecule has 1 amide bonds. The quantitative estimate of drug-likeness (QED) is 0.637. The molecule has 0 saturated heterocycles. The predicted molar refractivity (Wildman–Crippen MR) is 76.1 cm³/mol. The Morgan fingerprint density at radius 3 is 2.79 bits per heavy atom. The maximum Gasteiger partial charge on any atom is 0.234 e. The summed E-state index contributed by atoms with van der Waals surface area (Å²) in [6, 6.07) is 9.55. The average Bonchev–Trinajstić information content (AvgIpc) is 2.42. The molecule has 0 bridgehead atoms. The van der Waals surface area contributed by atoms with Crippen molar-refractivity contribution in [3.63, 3.8) is 0 Å². The Morgan fingerprint density at radius 2 is 2.11 bits per heavy atom. The largest absolute Gasteiger partial charge is 0.492 e. The van der Waals surface area contributed by atoms with Gasteiger partial charge in [-0.2, -0.15) is 0 Å². The number of carbonyl (C=O) groups excluding carboxylic acids is 1. The smallest absolute Gasteiger partial charge is 0.234 e. The Hall–Kier alpha value is -1.59. The Kier molecular flexibility index (Phi) is 7.62. The van der Waals surface area contributed by atoms with E-state index in [0.717, 1.165) is 18.7 Å². The predicted octanol–water partition coefficient (Wildman–Crippen LogP) is 0.462. The number of benzene rings is 1. The number of carbonyl (C=O) groups is 1. The van der Waals surface area contributed by atoms with Crippen LogP contribution in [0.2, 0.25) is 0 Å². The molecule has 0 aliphatic heterocycles. The van der Waals surface area contributed by atoms with Gasteiger partial charge in [-0.05, 0) is 38.7 Å². The van der Waals surface area contributed by atoms with E-state index in [1.807, 2.05) is 42.3 Å². The molecule has 1 aromatic carbocycles.